The van der Waals surface area contributed by atoms with Gasteiger partial charge in [-0.15, -0.1) is 0 Å². The summed E-state index contributed by atoms with van der Waals surface area (Å²) in [6, 6.07) is 15.6. The number of nitrogens with one attached hydrogen (secondary N) is 1. The zero-order valence-corrected chi connectivity index (χ0v) is 13.7. The van der Waals surface area contributed by atoms with Crippen LogP contribution in [0.5, 0.6) is 0 Å². The smallest absolute Gasteiger partial charge is 0.00233 e. The Hall–Kier alpha value is -1.60. The molecule has 0 aliphatic rings. The predicted molar refractivity (Wildman–Crippen MR) is 92.1 cm³/mol. The number of hydrogen-bond acceptors (Lipinski definition) is 1. The SMILES string of the molecule is CCNCC(Cc1cc(C)ccc1C)c1ccccc1C. The van der Waals surface area contributed by atoms with Crippen molar-refractivity contribution in [2.24, 2.45) is 0 Å². The lowest BCUT2D eigenvalue weighted by Crippen LogP contribution is -2.23. The van der Waals surface area contributed by atoms with Crippen LogP contribution in [0, 0.1) is 20.8 Å². The second kappa shape index (κ2) is 7.42. The Balaban J connectivity index is 2.28. The summed E-state index contributed by atoms with van der Waals surface area (Å²) in [5.41, 5.74) is 7.09. The van der Waals surface area contributed by atoms with Gasteiger partial charge in [-0.1, -0.05) is 55.0 Å². The van der Waals surface area contributed by atoms with Crippen molar-refractivity contribution in [3.8, 4) is 0 Å². The molecule has 1 heteroatoms. The van der Waals surface area contributed by atoms with E-state index in [-0.39, 0.29) is 0 Å². The summed E-state index contributed by atoms with van der Waals surface area (Å²) >= 11 is 0. The summed E-state index contributed by atoms with van der Waals surface area (Å²) in [7, 11) is 0. The lowest BCUT2D eigenvalue weighted by molar-refractivity contribution is 0.591. The molecule has 21 heavy (non-hydrogen) atoms. The summed E-state index contributed by atoms with van der Waals surface area (Å²) in [5, 5.41) is 3.53. The van der Waals surface area contributed by atoms with Gasteiger partial charge < -0.3 is 5.32 Å². The molecule has 1 nitrogen and oxygen atoms in total. The molecule has 1 unspecified atom stereocenters. The quantitative estimate of drug-likeness (QED) is 0.819. The van der Waals surface area contributed by atoms with Crippen molar-refractivity contribution in [1.82, 2.24) is 5.32 Å². The maximum absolute atomic E-state index is 3.53. The first-order chi connectivity index (χ1) is 10.1. The van der Waals surface area contributed by atoms with E-state index >= 15 is 0 Å². The van der Waals surface area contributed by atoms with Gasteiger partial charge in [-0.2, -0.15) is 0 Å². The maximum atomic E-state index is 3.53. The third-order valence-electron chi connectivity index (χ3n) is 4.24. The average molecular weight is 281 g/mol. The Bertz CT molecular complexity index is 586. The fourth-order valence-corrected chi connectivity index (χ4v) is 2.94. The molecule has 0 amide bonds. The van der Waals surface area contributed by atoms with Gasteiger partial charge in [0.2, 0.25) is 0 Å². The molecular weight excluding hydrogens is 254 g/mol. The number of rotatable bonds is 6. The van der Waals surface area contributed by atoms with E-state index in [1.807, 2.05) is 0 Å². The van der Waals surface area contributed by atoms with E-state index in [9.17, 15) is 0 Å². The fraction of sp³-hybridized carbons (Fsp3) is 0.400. The van der Waals surface area contributed by atoms with Gasteiger partial charge in [-0.3, -0.25) is 0 Å². The topological polar surface area (TPSA) is 12.0 Å². The second-order valence-corrected chi connectivity index (χ2v) is 6.00. The molecule has 0 saturated carbocycles. The first-order valence-corrected chi connectivity index (χ1v) is 7.94. The van der Waals surface area contributed by atoms with E-state index in [1.54, 1.807) is 0 Å². The van der Waals surface area contributed by atoms with Crippen LogP contribution in [0.1, 0.15) is 40.7 Å². The third-order valence-corrected chi connectivity index (χ3v) is 4.24. The summed E-state index contributed by atoms with van der Waals surface area (Å²) in [6.07, 6.45) is 1.10. The van der Waals surface area contributed by atoms with Crippen LogP contribution in [0.3, 0.4) is 0 Å². The van der Waals surface area contributed by atoms with Crippen LogP contribution in [0.2, 0.25) is 0 Å². The van der Waals surface area contributed by atoms with Crippen molar-refractivity contribution < 1.29 is 0 Å². The van der Waals surface area contributed by atoms with E-state index in [4.69, 9.17) is 0 Å². The zero-order valence-electron chi connectivity index (χ0n) is 13.7. The minimum Gasteiger partial charge on any atom is -0.316 e. The Morgan fingerprint density at radius 1 is 0.952 bits per heavy atom. The standard InChI is InChI=1S/C20H27N/c1-5-21-14-19(20-9-7-6-8-17(20)4)13-18-12-15(2)10-11-16(18)3/h6-12,19,21H,5,13-14H2,1-4H3. The summed E-state index contributed by atoms with van der Waals surface area (Å²) in [6.45, 7) is 10.8. The van der Waals surface area contributed by atoms with Crippen LogP contribution >= 0.6 is 0 Å². The predicted octanol–water partition coefficient (Wildman–Crippen LogP) is 4.55. The first kappa shape index (κ1) is 15.8. The fourth-order valence-electron chi connectivity index (χ4n) is 2.94. The van der Waals surface area contributed by atoms with E-state index in [1.165, 1.54) is 27.8 Å². The molecule has 0 fully saturated rings. The van der Waals surface area contributed by atoms with Gasteiger partial charge in [0.1, 0.15) is 0 Å². The highest BCUT2D eigenvalue weighted by Gasteiger charge is 2.15. The molecule has 0 radical (unpaired) electrons. The van der Waals surface area contributed by atoms with Crippen molar-refractivity contribution in [3.05, 3.63) is 70.3 Å². The first-order valence-electron chi connectivity index (χ1n) is 7.94. The number of hydrogen-bond donors (Lipinski definition) is 1. The van der Waals surface area contributed by atoms with Gasteiger partial charge in [-0.05, 0) is 56.0 Å². The molecule has 1 atom stereocenters. The van der Waals surface area contributed by atoms with Crippen LogP contribution < -0.4 is 5.32 Å². The van der Waals surface area contributed by atoms with Crippen molar-refractivity contribution in [1.29, 1.82) is 0 Å². The molecule has 0 bridgehead atoms. The second-order valence-electron chi connectivity index (χ2n) is 6.00. The third kappa shape index (κ3) is 4.18. The van der Waals surface area contributed by atoms with Gasteiger partial charge in [0.05, 0.1) is 0 Å². The van der Waals surface area contributed by atoms with Crippen molar-refractivity contribution in [3.63, 3.8) is 0 Å². The summed E-state index contributed by atoms with van der Waals surface area (Å²) in [5.74, 6) is 0.534. The minimum absolute atomic E-state index is 0.534. The Morgan fingerprint density at radius 2 is 1.71 bits per heavy atom. The van der Waals surface area contributed by atoms with E-state index in [0.717, 1.165) is 19.5 Å². The molecule has 0 aliphatic heterocycles. The van der Waals surface area contributed by atoms with Gasteiger partial charge in [0.25, 0.3) is 0 Å². The monoisotopic (exact) mass is 281 g/mol. The molecular formula is C20H27N. The molecule has 112 valence electrons. The summed E-state index contributed by atoms with van der Waals surface area (Å²) < 4.78 is 0. The molecule has 0 spiro atoms. The van der Waals surface area contributed by atoms with Crippen LogP contribution in [0.15, 0.2) is 42.5 Å². The molecule has 0 heterocycles. The van der Waals surface area contributed by atoms with Gasteiger partial charge in [0.15, 0.2) is 0 Å². The number of aryl methyl sites for hydroxylation is 3. The molecule has 2 aromatic carbocycles. The Labute approximate surface area is 129 Å². The lowest BCUT2D eigenvalue weighted by atomic mass is 9.87. The summed E-state index contributed by atoms with van der Waals surface area (Å²) in [4.78, 5) is 0. The molecule has 0 saturated heterocycles. The molecule has 0 aromatic heterocycles. The minimum atomic E-state index is 0.534. The van der Waals surface area contributed by atoms with Crippen LogP contribution in [-0.4, -0.2) is 13.1 Å². The maximum Gasteiger partial charge on any atom is 0.00233 e. The van der Waals surface area contributed by atoms with Crippen LogP contribution in [0.25, 0.3) is 0 Å². The highest BCUT2D eigenvalue weighted by Crippen LogP contribution is 2.25. The Kier molecular flexibility index (Phi) is 5.58. The molecule has 2 aromatic rings. The average Bonchev–Trinajstić information content (AvgIpc) is 2.48. The largest absolute Gasteiger partial charge is 0.316 e. The van der Waals surface area contributed by atoms with Gasteiger partial charge in [-0.25, -0.2) is 0 Å². The van der Waals surface area contributed by atoms with Crippen LogP contribution in [0.4, 0.5) is 0 Å². The number of likely N-dealkylation sites (N-methyl/N-ethyl adjacent to an activating group) is 1. The van der Waals surface area contributed by atoms with E-state index in [2.05, 4.69) is 75.5 Å². The van der Waals surface area contributed by atoms with Crippen LogP contribution in [-0.2, 0) is 6.42 Å². The normalized spacial score (nSPS) is 12.4. The van der Waals surface area contributed by atoms with E-state index < -0.39 is 0 Å². The molecule has 2 rings (SSSR count). The van der Waals surface area contributed by atoms with Gasteiger partial charge in [0, 0.05) is 12.5 Å². The Morgan fingerprint density at radius 3 is 2.43 bits per heavy atom. The zero-order chi connectivity index (χ0) is 15.2. The lowest BCUT2D eigenvalue weighted by Gasteiger charge is -2.21. The van der Waals surface area contributed by atoms with Crippen molar-refractivity contribution in [2.45, 2.75) is 40.0 Å². The van der Waals surface area contributed by atoms with Crippen molar-refractivity contribution >= 4 is 0 Å². The molecule has 0 aliphatic carbocycles. The van der Waals surface area contributed by atoms with Gasteiger partial charge >= 0.3 is 0 Å². The highest BCUT2D eigenvalue weighted by atomic mass is 14.8. The molecule has 1 N–H and O–H groups in total. The highest BCUT2D eigenvalue weighted by molar-refractivity contribution is 5.35. The van der Waals surface area contributed by atoms with E-state index in [0.29, 0.717) is 5.92 Å². The number of benzene rings is 2. The van der Waals surface area contributed by atoms with Crippen molar-refractivity contribution in [2.75, 3.05) is 13.1 Å².